The van der Waals surface area contributed by atoms with Crippen LogP contribution in [0.2, 0.25) is 0 Å². The number of Topliss-reactive ketones (excluding diaryl/α,β-unsaturated/α-hetero) is 1. The van der Waals surface area contributed by atoms with Gasteiger partial charge in [-0.15, -0.1) is 0 Å². The van der Waals surface area contributed by atoms with Crippen LogP contribution in [0.4, 0.5) is 18.9 Å². The number of nitrogens with zero attached hydrogens (tertiary/aromatic N) is 2. The molecule has 32 heavy (non-hydrogen) atoms. The Morgan fingerprint density at radius 3 is 2.44 bits per heavy atom. The van der Waals surface area contributed by atoms with Crippen LogP contribution >= 0.6 is 0 Å². The molecule has 2 saturated heterocycles. The van der Waals surface area contributed by atoms with Crippen molar-refractivity contribution in [2.75, 3.05) is 44.2 Å². The third kappa shape index (κ3) is 4.34. The van der Waals surface area contributed by atoms with E-state index in [2.05, 4.69) is 20.9 Å². The summed E-state index contributed by atoms with van der Waals surface area (Å²) in [6.45, 7) is 3.71. The van der Waals surface area contributed by atoms with E-state index in [9.17, 15) is 22.8 Å². The Hall–Kier alpha value is -2.20. The highest BCUT2D eigenvalue weighted by Crippen LogP contribution is 2.52. The molecule has 2 aliphatic heterocycles. The molecule has 0 bridgehead atoms. The fourth-order valence-electron chi connectivity index (χ4n) is 5.08. The van der Waals surface area contributed by atoms with Gasteiger partial charge in [0, 0.05) is 45.0 Å². The molecule has 3 fully saturated rings. The highest BCUT2D eigenvalue weighted by Gasteiger charge is 2.60. The summed E-state index contributed by atoms with van der Waals surface area (Å²) < 4.78 is 43.2. The lowest BCUT2D eigenvalue weighted by Gasteiger charge is -2.39. The molecule has 7 nitrogen and oxygen atoms in total. The Morgan fingerprint density at radius 2 is 1.81 bits per heavy atom. The lowest BCUT2D eigenvalue weighted by molar-refractivity contribution is -0.212. The number of anilines is 1. The number of carbonyl (C=O) groups is 2. The van der Waals surface area contributed by atoms with Crippen molar-refractivity contribution in [1.82, 2.24) is 20.9 Å². The molecular formula is C22H30F3N5O2. The van der Waals surface area contributed by atoms with Crippen LogP contribution in [0, 0.1) is 5.41 Å². The Kier molecular flexibility index (Phi) is 6.71. The van der Waals surface area contributed by atoms with Crippen LogP contribution < -0.4 is 20.9 Å². The first-order valence-corrected chi connectivity index (χ1v) is 11.4. The number of hydrogen-bond acceptors (Lipinski definition) is 6. The van der Waals surface area contributed by atoms with Crippen molar-refractivity contribution in [2.24, 2.45) is 5.41 Å². The molecule has 176 valence electrons. The molecule has 3 N–H and O–H groups in total. The standard InChI is InChI=1S/C22H30F3N5O2/c23-22(24,25)21(6-2-1-3-7-21)19(31)17-16(30-12-10-26-11-13-30)5-9-28-18(17)20(32)29-15-4-8-27-14-15/h5,9,15,26-27H,1-4,6-8,10-14H2,(H,29,32)/t15-/m1/s1. The number of pyridine rings is 1. The Labute approximate surface area is 185 Å². The molecule has 0 spiro atoms. The predicted octanol–water partition coefficient (Wildman–Crippen LogP) is 2.28. The third-order valence-electron chi connectivity index (χ3n) is 6.91. The molecular weight excluding hydrogens is 423 g/mol. The van der Waals surface area contributed by atoms with Crippen molar-refractivity contribution < 1.29 is 22.8 Å². The van der Waals surface area contributed by atoms with Gasteiger partial charge in [0.15, 0.2) is 5.78 Å². The zero-order valence-corrected chi connectivity index (χ0v) is 18.1. The average Bonchev–Trinajstić information content (AvgIpc) is 3.31. The first-order valence-electron chi connectivity index (χ1n) is 11.4. The van der Waals surface area contributed by atoms with Crippen molar-refractivity contribution in [3.05, 3.63) is 23.5 Å². The molecule has 1 amide bonds. The van der Waals surface area contributed by atoms with E-state index in [-0.39, 0.29) is 30.1 Å². The number of ketones is 1. The molecule has 1 aliphatic carbocycles. The van der Waals surface area contributed by atoms with Crippen LogP contribution in [-0.2, 0) is 0 Å². The van der Waals surface area contributed by atoms with E-state index in [1.165, 1.54) is 6.20 Å². The molecule has 1 saturated carbocycles. The zero-order valence-electron chi connectivity index (χ0n) is 18.1. The number of carbonyl (C=O) groups excluding carboxylic acids is 2. The van der Waals surface area contributed by atoms with Gasteiger partial charge < -0.3 is 20.9 Å². The van der Waals surface area contributed by atoms with Gasteiger partial charge in [-0.25, -0.2) is 0 Å². The second kappa shape index (κ2) is 9.35. The van der Waals surface area contributed by atoms with E-state index >= 15 is 0 Å². The predicted molar refractivity (Wildman–Crippen MR) is 114 cm³/mol. The van der Waals surface area contributed by atoms with Crippen molar-refractivity contribution >= 4 is 17.4 Å². The van der Waals surface area contributed by atoms with Gasteiger partial charge in [-0.1, -0.05) is 19.3 Å². The Morgan fingerprint density at radius 1 is 1.09 bits per heavy atom. The lowest BCUT2D eigenvalue weighted by atomic mass is 9.68. The molecule has 1 atom stereocenters. The van der Waals surface area contributed by atoms with Gasteiger partial charge in [-0.2, -0.15) is 13.2 Å². The molecule has 4 rings (SSSR count). The average molecular weight is 454 g/mol. The molecule has 0 radical (unpaired) electrons. The Balaban J connectivity index is 1.79. The normalized spacial score (nSPS) is 23.7. The van der Waals surface area contributed by atoms with Crippen LogP contribution in [0.3, 0.4) is 0 Å². The number of hydrogen-bond donors (Lipinski definition) is 3. The van der Waals surface area contributed by atoms with E-state index in [0.717, 1.165) is 13.0 Å². The van der Waals surface area contributed by atoms with E-state index in [1.54, 1.807) is 6.07 Å². The molecule has 1 aromatic rings. The maximum absolute atomic E-state index is 14.4. The summed E-state index contributed by atoms with van der Waals surface area (Å²) >= 11 is 0. The number of piperazine rings is 1. The summed E-state index contributed by atoms with van der Waals surface area (Å²) in [6, 6.07) is 1.43. The minimum Gasteiger partial charge on any atom is -0.368 e. The van der Waals surface area contributed by atoms with Gasteiger partial charge in [-0.3, -0.25) is 14.6 Å². The number of halogens is 3. The molecule has 0 aromatic carbocycles. The maximum Gasteiger partial charge on any atom is 0.401 e. The summed E-state index contributed by atoms with van der Waals surface area (Å²) in [5, 5.41) is 9.19. The SMILES string of the molecule is O=C(N[C@@H]1CCNC1)c1nccc(N2CCNCC2)c1C(=O)C1(C(F)(F)F)CCCCC1. The topological polar surface area (TPSA) is 86.4 Å². The fraction of sp³-hybridized carbons (Fsp3) is 0.682. The van der Waals surface area contributed by atoms with E-state index < -0.39 is 23.3 Å². The number of rotatable bonds is 5. The summed E-state index contributed by atoms with van der Waals surface area (Å²) in [5.74, 6) is -1.60. The van der Waals surface area contributed by atoms with Crippen LogP contribution in [-0.4, -0.2) is 68.2 Å². The molecule has 3 aliphatic rings. The number of aromatic nitrogens is 1. The highest BCUT2D eigenvalue weighted by molar-refractivity contribution is 6.13. The number of alkyl halides is 3. The van der Waals surface area contributed by atoms with Crippen LogP contribution in [0.1, 0.15) is 59.4 Å². The minimum absolute atomic E-state index is 0.138. The summed E-state index contributed by atoms with van der Waals surface area (Å²) in [6.07, 6.45) is -1.71. The second-order valence-electron chi connectivity index (χ2n) is 8.92. The minimum atomic E-state index is -4.69. The maximum atomic E-state index is 14.4. The number of nitrogens with one attached hydrogen (secondary N) is 3. The van der Waals surface area contributed by atoms with Gasteiger partial charge >= 0.3 is 6.18 Å². The quantitative estimate of drug-likeness (QED) is 0.593. The van der Waals surface area contributed by atoms with Crippen LogP contribution in [0.5, 0.6) is 0 Å². The monoisotopic (exact) mass is 453 g/mol. The van der Waals surface area contributed by atoms with Crippen molar-refractivity contribution in [1.29, 1.82) is 0 Å². The first-order chi connectivity index (χ1) is 15.3. The summed E-state index contributed by atoms with van der Waals surface area (Å²) in [4.78, 5) is 33.0. The van der Waals surface area contributed by atoms with Gasteiger partial charge in [0.1, 0.15) is 11.1 Å². The van der Waals surface area contributed by atoms with Crippen molar-refractivity contribution in [2.45, 2.75) is 50.7 Å². The second-order valence-corrected chi connectivity index (χ2v) is 8.92. The summed E-state index contributed by atoms with van der Waals surface area (Å²) in [7, 11) is 0. The molecule has 10 heteroatoms. The third-order valence-corrected chi connectivity index (χ3v) is 6.91. The fourth-order valence-corrected chi connectivity index (χ4v) is 5.08. The van der Waals surface area contributed by atoms with Gasteiger partial charge in [0.05, 0.1) is 11.3 Å². The molecule has 1 aromatic heterocycles. The molecule has 0 unspecified atom stereocenters. The van der Waals surface area contributed by atoms with Gasteiger partial charge in [0.2, 0.25) is 0 Å². The van der Waals surface area contributed by atoms with Crippen molar-refractivity contribution in [3.63, 3.8) is 0 Å². The summed E-state index contributed by atoms with van der Waals surface area (Å²) in [5.41, 5.74) is -2.49. The van der Waals surface area contributed by atoms with E-state index in [1.807, 2.05) is 4.90 Å². The molecule has 3 heterocycles. The first kappa shape index (κ1) is 23.0. The number of amides is 1. The van der Waals surface area contributed by atoms with Gasteiger partial charge in [0.25, 0.3) is 5.91 Å². The van der Waals surface area contributed by atoms with Crippen LogP contribution in [0.25, 0.3) is 0 Å². The van der Waals surface area contributed by atoms with E-state index in [0.29, 0.717) is 57.7 Å². The van der Waals surface area contributed by atoms with Gasteiger partial charge in [-0.05, 0) is 31.9 Å². The highest BCUT2D eigenvalue weighted by atomic mass is 19.4. The smallest absolute Gasteiger partial charge is 0.368 e. The lowest BCUT2D eigenvalue weighted by Crippen LogP contribution is -2.49. The zero-order chi connectivity index (χ0) is 22.8. The van der Waals surface area contributed by atoms with E-state index in [4.69, 9.17) is 0 Å². The van der Waals surface area contributed by atoms with Crippen LogP contribution in [0.15, 0.2) is 12.3 Å². The Bertz CT molecular complexity index is 842. The van der Waals surface area contributed by atoms with Crippen molar-refractivity contribution in [3.8, 4) is 0 Å². The largest absolute Gasteiger partial charge is 0.401 e.